The first kappa shape index (κ1) is 25.0. The fraction of sp³-hybridized carbons (Fsp3) is 0.591. The summed E-state index contributed by atoms with van der Waals surface area (Å²) in [6.07, 6.45) is 3.40. The van der Waals surface area contributed by atoms with Crippen LogP contribution in [0.5, 0.6) is 5.88 Å². The summed E-state index contributed by atoms with van der Waals surface area (Å²) in [4.78, 5) is 19.7. The minimum absolute atomic E-state index is 0.316. The molecule has 2 saturated heterocycles. The number of aliphatic carboxylic acids is 1. The molecular formula is C22H28F3N3O5. The number of rotatable bonds is 5. The topological polar surface area (TPSA) is 97.9 Å². The summed E-state index contributed by atoms with van der Waals surface area (Å²) in [7, 11) is 0. The van der Waals surface area contributed by atoms with Gasteiger partial charge in [0.05, 0.1) is 26.0 Å². The number of furan rings is 1. The first-order valence-electron chi connectivity index (χ1n) is 10.7. The Kier molecular flexibility index (Phi) is 8.30. The van der Waals surface area contributed by atoms with Gasteiger partial charge in [0.1, 0.15) is 11.5 Å². The van der Waals surface area contributed by atoms with Gasteiger partial charge in [0.2, 0.25) is 5.88 Å². The molecule has 2 fully saturated rings. The third-order valence-corrected chi connectivity index (χ3v) is 6.17. The Bertz CT molecular complexity index is 883. The molecule has 0 bridgehead atoms. The quantitative estimate of drug-likeness (QED) is 0.705. The van der Waals surface area contributed by atoms with Crippen molar-refractivity contribution in [3.8, 4) is 5.88 Å². The van der Waals surface area contributed by atoms with Crippen LogP contribution in [-0.4, -0.2) is 65.0 Å². The van der Waals surface area contributed by atoms with Gasteiger partial charge in [-0.25, -0.2) is 9.78 Å². The number of ether oxygens (including phenoxy) is 2. The van der Waals surface area contributed by atoms with Crippen LogP contribution in [-0.2, 0) is 16.1 Å². The number of aryl methyl sites for hydroxylation is 1. The van der Waals surface area contributed by atoms with E-state index in [-0.39, 0.29) is 0 Å². The van der Waals surface area contributed by atoms with Crippen molar-refractivity contribution in [3.63, 3.8) is 0 Å². The van der Waals surface area contributed by atoms with Crippen LogP contribution in [0.3, 0.4) is 0 Å². The highest BCUT2D eigenvalue weighted by molar-refractivity contribution is 5.73. The van der Waals surface area contributed by atoms with E-state index in [1.54, 1.807) is 18.6 Å². The minimum atomic E-state index is -5.08. The lowest BCUT2D eigenvalue weighted by molar-refractivity contribution is -0.192. The summed E-state index contributed by atoms with van der Waals surface area (Å²) < 4.78 is 49.2. The second-order valence-electron chi connectivity index (χ2n) is 8.33. The molecule has 4 rings (SSSR count). The smallest absolute Gasteiger partial charge is 0.476 e. The number of likely N-dealkylation sites (tertiary alicyclic amines) is 1. The summed E-state index contributed by atoms with van der Waals surface area (Å²) >= 11 is 0. The van der Waals surface area contributed by atoms with Crippen LogP contribution in [0, 0.1) is 18.3 Å². The van der Waals surface area contributed by atoms with Crippen LogP contribution >= 0.6 is 0 Å². The largest absolute Gasteiger partial charge is 0.490 e. The minimum Gasteiger partial charge on any atom is -0.476 e. The van der Waals surface area contributed by atoms with Crippen LogP contribution in [0.2, 0.25) is 0 Å². The first-order valence-corrected chi connectivity index (χ1v) is 10.7. The molecule has 0 aromatic carbocycles. The van der Waals surface area contributed by atoms with E-state index in [2.05, 4.69) is 20.9 Å². The molecule has 0 saturated carbocycles. The number of nitrogens with zero attached hydrogens (tertiary/aromatic N) is 3. The number of carboxylic acids is 1. The summed E-state index contributed by atoms with van der Waals surface area (Å²) in [5.41, 5.74) is 0.316. The van der Waals surface area contributed by atoms with Gasteiger partial charge >= 0.3 is 12.1 Å². The summed E-state index contributed by atoms with van der Waals surface area (Å²) in [6.45, 7) is 7.38. The predicted octanol–water partition coefficient (Wildman–Crippen LogP) is 3.71. The second kappa shape index (κ2) is 11.0. The molecule has 8 nitrogen and oxygen atoms in total. The molecule has 4 heterocycles. The molecule has 11 heteroatoms. The number of aromatic nitrogens is 2. The van der Waals surface area contributed by atoms with Crippen molar-refractivity contribution in [1.82, 2.24) is 14.9 Å². The lowest BCUT2D eigenvalue weighted by Gasteiger charge is -2.48. The maximum absolute atomic E-state index is 10.6. The molecule has 2 aliphatic heterocycles. The van der Waals surface area contributed by atoms with Crippen molar-refractivity contribution in [2.24, 2.45) is 11.3 Å². The van der Waals surface area contributed by atoms with E-state index in [1.165, 1.54) is 12.8 Å². The van der Waals surface area contributed by atoms with Crippen LogP contribution < -0.4 is 4.74 Å². The fourth-order valence-corrected chi connectivity index (χ4v) is 4.26. The van der Waals surface area contributed by atoms with Gasteiger partial charge in [0.25, 0.3) is 0 Å². The van der Waals surface area contributed by atoms with Crippen molar-refractivity contribution in [3.05, 3.63) is 42.2 Å². The molecule has 2 aromatic rings. The molecule has 2 aromatic heterocycles. The third kappa shape index (κ3) is 7.16. The molecule has 0 amide bonds. The summed E-state index contributed by atoms with van der Waals surface area (Å²) in [6, 6.07) is 4.13. The van der Waals surface area contributed by atoms with E-state index in [1.807, 2.05) is 13.0 Å². The van der Waals surface area contributed by atoms with Crippen molar-refractivity contribution < 1.29 is 37.0 Å². The number of piperidine rings is 1. The number of alkyl halides is 3. The molecule has 1 spiro atoms. The van der Waals surface area contributed by atoms with E-state index in [4.69, 9.17) is 23.8 Å². The highest BCUT2D eigenvalue weighted by Gasteiger charge is 2.44. The van der Waals surface area contributed by atoms with Gasteiger partial charge in [0.15, 0.2) is 0 Å². The first-order chi connectivity index (χ1) is 15.7. The van der Waals surface area contributed by atoms with Gasteiger partial charge in [-0.3, -0.25) is 9.88 Å². The normalized spacial score (nSPS) is 20.7. The Balaban J connectivity index is 0.000000383. The van der Waals surface area contributed by atoms with Crippen LogP contribution in [0.4, 0.5) is 13.2 Å². The number of hydrogen-bond donors (Lipinski definition) is 1. The van der Waals surface area contributed by atoms with Crippen molar-refractivity contribution in [1.29, 1.82) is 0 Å². The van der Waals surface area contributed by atoms with Gasteiger partial charge in [-0.05, 0) is 56.8 Å². The van der Waals surface area contributed by atoms with Crippen molar-refractivity contribution in [2.45, 2.75) is 38.9 Å². The van der Waals surface area contributed by atoms with Crippen LogP contribution in [0.1, 0.15) is 30.8 Å². The molecule has 0 aliphatic carbocycles. The summed E-state index contributed by atoms with van der Waals surface area (Å²) in [5, 5.41) is 7.12. The standard InChI is InChI=1S/C20H27N3O3.C2HF3O2/c1-16-2-3-18(26-16)13-23-9-4-20(5-10-23)6-11-24-14-17(20)15-25-19-12-21-7-8-22-19;3-2(4,5)1(6)7/h2-3,7-8,12,17H,4-6,9-11,13-15H2,1H3;(H,6,7). The van der Waals surface area contributed by atoms with Crippen molar-refractivity contribution in [2.75, 3.05) is 32.9 Å². The van der Waals surface area contributed by atoms with Gasteiger partial charge in [-0.1, -0.05) is 0 Å². The Hall–Kier alpha value is -2.66. The molecule has 1 unspecified atom stereocenters. The lowest BCUT2D eigenvalue weighted by atomic mass is 9.66. The van der Waals surface area contributed by atoms with E-state index in [9.17, 15) is 13.2 Å². The van der Waals surface area contributed by atoms with Crippen molar-refractivity contribution >= 4 is 5.97 Å². The predicted molar refractivity (Wildman–Crippen MR) is 111 cm³/mol. The zero-order valence-electron chi connectivity index (χ0n) is 18.4. The van der Waals surface area contributed by atoms with Crippen LogP contribution in [0.15, 0.2) is 35.1 Å². The Morgan fingerprint density at radius 2 is 2.00 bits per heavy atom. The maximum Gasteiger partial charge on any atom is 0.490 e. The van der Waals surface area contributed by atoms with Gasteiger partial charge in [-0.2, -0.15) is 13.2 Å². The SMILES string of the molecule is Cc1ccc(CN2CCC3(CCOCC3COc3cnccn3)CC2)o1.O=C(O)C(F)(F)F. The zero-order valence-corrected chi connectivity index (χ0v) is 18.4. The second-order valence-corrected chi connectivity index (χ2v) is 8.33. The van der Waals surface area contributed by atoms with E-state index in [0.717, 1.165) is 50.8 Å². The number of carbonyl (C=O) groups is 1. The van der Waals surface area contributed by atoms with Gasteiger partial charge in [0, 0.05) is 24.9 Å². The molecule has 33 heavy (non-hydrogen) atoms. The molecule has 1 atom stereocenters. The average Bonchev–Trinajstić information content (AvgIpc) is 3.20. The highest BCUT2D eigenvalue weighted by atomic mass is 19.4. The summed E-state index contributed by atoms with van der Waals surface area (Å²) in [5.74, 6) is 0.296. The number of carboxylic acid groups (broad SMARTS) is 1. The maximum atomic E-state index is 10.6. The third-order valence-electron chi connectivity index (χ3n) is 6.17. The highest BCUT2D eigenvalue weighted by Crippen LogP contribution is 2.45. The van der Waals surface area contributed by atoms with E-state index in [0.29, 0.717) is 23.8 Å². The van der Waals surface area contributed by atoms with E-state index < -0.39 is 12.1 Å². The molecule has 2 aliphatic rings. The zero-order chi connectivity index (χ0) is 23.9. The lowest BCUT2D eigenvalue weighted by Crippen LogP contribution is -2.49. The number of hydrogen-bond acceptors (Lipinski definition) is 7. The molecule has 0 radical (unpaired) electrons. The molecule has 182 valence electrons. The molecular weight excluding hydrogens is 443 g/mol. The number of halogens is 3. The fourth-order valence-electron chi connectivity index (χ4n) is 4.26. The average molecular weight is 471 g/mol. The Labute approximate surface area is 189 Å². The Morgan fingerprint density at radius 3 is 2.58 bits per heavy atom. The van der Waals surface area contributed by atoms with Gasteiger partial charge < -0.3 is 19.0 Å². The monoisotopic (exact) mass is 471 g/mol. The Morgan fingerprint density at radius 1 is 1.27 bits per heavy atom. The van der Waals surface area contributed by atoms with Crippen LogP contribution in [0.25, 0.3) is 0 Å². The van der Waals surface area contributed by atoms with E-state index >= 15 is 0 Å². The molecule has 1 N–H and O–H groups in total. The van der Waals surface area contributed by atoms with Gasteiger partial charge in [-0.15, -0.1) is 0 Å².